The number of hydrogen-bond donors (Lipinski definition) is 0. The molecule has 0 N–H and O–H groups in total. The molecule has 0 saturated heterocycles. The Balaban J connectivity index is 1.49. The minimum atomic E-state index is 0.709. The molecule has 3 aromatic rings. The van der Waals surface area contributed by atoms with Crippen LogP contribution in [-0.4, -0.2) is 24.5 Å². The average molecular weight is 388 g/mol. The number of para-hydroxylation sites is 1. The summed E-state index contributed by atoms with van der Waals surface area (Å²) in [6.07, 6.45) is 2.08. The van der Waals surface area contributed by atoms with Crippen LogP contribution in [0.25, 0.3) is 10.9 Å². The van der Waals surface area contributed by atoms with Gasteiger partial charge in [0, 0.05) is 10.4 Å². The van der Waals surface area contributed by atoms with Gasteiger partial charge in [0.05, 0.1) is 18.7 Å². The summed E-state index contributed by atoms with van der Waals surface area (Å²) in [6.45, 7) is 2.83. The van der Waals surface area contributed by atoms with Crippen LogP contribution in [0.5, 0.6) is 11.5 Å². The van der Waals surface area contributed by atoms with Crippen LogP contribution in [0.4, 0.5) is 0 Å². The van der Waals surface area contributed by atoms with Gasteiger partial charge in [0.2, 0.25) is 0 Å². The number of rotatable bonds is 8. The lowest BCUT2D eigenvalue weighted by Gasteiger charge is -2.09. The number of nitrogens with zero attached hydrogens (tertiary/aromatic N) is 1. The van der Waals surface area contributed by atoms with E-state index in [-0.39, 0.29) is 0 Å². The summed E-state index contributed by atoms with van der Waals surface area (Å²) in [5, 5.41) is 2.91. The van der Waals surface area contributed by atoms with Gasteiger partial charge in [-0.05, 0) is 67.5 Å². The Bertz CT molecular complexity index is 868. The minimum absolute atomic E-state index is 0.709. The van der Waals surface area contributed by atoms with Crippen molar-refractivity contribution in [3.63, 3.8) is 0 Å². The second kappa shape index (κ2) is 9.15. The van der Waals surface area contributed by atoms with Crippen LogP contribution < -0.4 is 9.47 Å². The molecule has 0 aliphatic heterocycles. The molecule has 0 radical (unpaired) electrons. The first-order chi connectivity index (χ1) is 12.7. The molecule has 5 heteroatoms. The molecular formula is C21H22ClNO2S. The first kappa shape index (κ1) is 18.9. The van der Waals surface area contributed by atoms with E-state index in [9.17, 15) is 0 Å². The lowest BCUT2D eigenvalue weighted by Crippen LogP contribution is -1.98. The number of aromatic nitrogens is 1. The molecule has 0 saturated carbocycles. The molecule has 3 nitrogen and oxygen atoms in total. The zero-order valence-corrected chi connectivity index (χ0v) is 16.6. The Morgan fingerprint density at radius 2 is 1.88 bits per heavy atom. The van der Waals surface area contributed by atoms with E-state index >= 15 is 0 Å². The fraction of sp³-hybridized carbons (Fsp3) is 0.286. The van der Waals surface area contributed by atoms with E-state index in [2.05, 4.69) is 19.1 Å². The third-order valence-corrected chi connectivity index (χ3v) is 5.33. The molecule has 3 rings (SSSR count). The Kier molecular flexibility index (Phi) is 6.64. The topological polar surface area (TPSA) is 31.4 Å². The summed E-state index contributed by atoms with van der Waals surface area (Å²) in [4.78, 5) is 4.77. The normalized spacial score (nSPS) is 10.9. The predicted molar refractivity (Wildman–Crippen MR) is 110 cm³/mol. The van der Waals surface area contributed by atoms with E-state index in [4.69, 9.17) is 26.1 Å². The summed E-state index contributed by atoms with van der Waals surface area (Å²) in [5.41, 5.74) is 2.16. The largest absolute Gasteiger partial charge is 0.494 e. The number of benzene rings is 2. The van der Waals surface area contributed by atoms with Gasteiger partial charge in [-0.25, -0.2) is 4.98 Å². The fourth-order valence-corrected chi connectivity index (χ4v) is 3.80. The Labute approximate surface area is 163 Å². The smallest absolute Gasteiger partial charge is 0.145 e. The molecule has 136 valence electrons. The molecule has 0 fully saturated rings. The van der Waals surface area contributed by atoms with Crippen LogP contribution in [-0.2, 0) is 0 Å². The van der Waals surface area contributed by atoms with E-state index in [1.807, 2.05) is 36.4 Å². The fourth-order valence-electron chi connectivity index (χ4n) is 2.70. The lowest BCUT2D eigenvalue weighted by molar-refractivity contribution is 0.310. The minimum Gasteiger partial charge on any atom is -0.494 e. The average Bonchev–Trinajstić information content (AvgIpc) is 2.65. The van der Waals surface area contributed by atoms with Gasteiger partial charge < -0.3 is 9.47 Å². The van der Waals surface area contributed by atoms with Gasteiger partial charge in [-0.1, -0.05) is 23.7 Å². The van der Waals surface area contributed by atoms with Gasteiger partial charge in [0.1, 0.15) is 17.0 Å². The maximum Gasteiger partial charge on any atom is 0.145 e. The molecule has 2 aromatic carbocycles. The van der Waals surface area contributed by atoms with Crippen LogP contribution in [0.2, 0.25) is 5.02 Å². The van der Waals surface area contributed by atoms with Crippen molar-refractivity contribution < 1.29 is 9.47 Å². The molecule has 0 bridgehead atoms. The summed E-state index contributed by atoms with van der Waals surface area (Å²) in [7, 11) is 1.69. The molecule has 1 aromatic heterocycles. The van der Waals surface area contributed by atoms with Gasteiger partial charge in [-0.2, -0.15) is 0 Å². The number of hydrogen-bond acceptors (Lipinski definition) is 4. The molecule has 0 aliphatic rings. The van der Waals surface area contributed by atoms with Gasteiger partial charge in [0.15, 0.2) is 0 Å². The molecular weight excluding hydrogens is 366 g/mol. The van der Waals surface area contributed by atoms with E-state index in [0.717, 1.165) is 51.0 Å². The van der Waals surface area contributed by atoms with Gasteiger partial charge in [-0.3, -0.25) is 0 Å². The maximum atomic E-state index is 5.87. The number of unbranched alkanes of at least 4 members (excludes halogenated alkanes) is 1. The second-order valence-corrected chi connectivity index (χ2v) is 7.54. The highest BCUT2D eigenvalue weighted by molar-refractivity contribution is 7.99. The van der Waals surface area contributed by atoms with Crippen molar-refractivity contribution in [1.29, 1.82) is 0 Å². The monoisotopic (exact) mass is 387 g/mol. The Morgan fingerprint density at radius 1 is 1.08 bits per heavy atom. The van der Waals surface area contributed by atoms with Crippen LogP contribution in [0.3, 0.4) is 0 Å². The van der Waals surface area contributed by atoms with Crippen molar-refractivity contribution in [1.82, 2.24) is 4.98 Å². The van der Waals surface area contributed by atoms with Crippen LogP contribution in [0.1, 0.15) is 18.4 Å². The maximum absolute atomic E-state index is 5.87. The Morgan fingerprint density at radius 3 is 2.65 bits per heavy atom. The Hall–Kier alpha value is -1.91. The number of halogens is 1. The van der Waals surface area contributed by atoms with Crippen LogP contribution >= 0.6 is 23.4 Å². The molecule has 0 spiro atoms. The number of pyridine rings is 1. The molecule has 0 amide bonds. The quantitative estimate of drug-likeness (QED) is 0.342. The lowest BCUT2D eigenvalue weighted by atomic mass is 10.1. The van der Waals surface area contributed by atoms with Gasteiger partial charge >= 0.3 is 0 Å². The van der Waals surface area contributed by atoms with Crippen molar-refractivity contribution in [3.05, 3.63) is 59.1 Å². The third-order valence-electron chi connectivity index (χ3n) is 4.08. The van der Waals surface area contributed by atoms with Crippen molar-refractivity contribution >= 4 is 34.3 Å². The predicted octanol–water partition coefficient (Wildman–Crippen LogP) is 6.16. The molecule has 0 aliphatic carbocycles. The molecule has 1 heterocycles. The third kappa shape index (κ3) is 4.83. The number of methoxy groups -OCH3 is 1. The van der Waals surface area contributed by atoms with Crippen molar-refractivity contribution in [2.45, 2.75) is 24.8 Å². The SMILES string of the molecule is COc1cccc2c(C)cc(SCCCCOc3ccc(Cl)cc3)nc12. The summed E-state index contributed by atoms with van der Waals surface area (Å²) in [6, 6.07) is 15.7. The van der Waals surface area contributed by atoms with E-state index in [0.29, 0.717) is 6.61 Å². The molecule has 0 unspecified atom stereocenters. The van der Waals surface area contributed by atoms with Crippen LogP contribution in [0, 0.1) is 6.92 Å². The van der Waals surface area contributed by atoms with Crippen molar-refractivity contribution in [3.8, 4) is 11.5 Å². The summed E-state index contributed by atoms with van der Waals surface area (Å²) < 4.78 is 11.2. The number of ether oxygens (including phenoxy) is 2. The van der Waals surface area contributed by atoms with Crippen molar-refractivity contribution in [2.75, 3.05) is 19.5 Å². The summed E-state index contributed by atoms with van der Waals surface area (Å²) >= 11 is 7.64. The number of thioether (sulfide) groups is 1. The zero-order chi connectivity index (χ0) is 18.4. The van der Waals surface area contributed by atoms with E-state index < -0.39 is 0 Å². The number of fused-ring (bicyclic) bond motifs is 1. The highest BCUT2D eigenvalue weighted by Gasteiger charge is 2.08. The first-order valence-electron chi connectivity index (χ1n) is 8.63. The van der Waals surface area contributed by atoms with Crippen molar-refractivity contribution in [2.24, 2.45) is 0 Å². The standard InChI is InChI=1S/C21H22ClNO2S/c1-15-14-20(23-21-18(15)6-5-7-19(21)24-2)26-13-4-3-12-25-17-10-8-16(22)9-11-17/h5-11,14H,3-4,12-13H2,1-2H3. The van der Waals surface area contributed by atoms with Crippen LogP contribution in [0.15, 0.2) is 53.6 Å². The molecule has 0 atom stereocenters. The second-order valence-electron chi connectivity index (χ2n) is 5.99. The summed E-state index contributed by atoms with van der Waals surface area (Å²) in [5.74, 6) is 2.70. The van der Waals surface area contributed by atoms with Gasteiger partial charge in [-0.15, -0.1) is 11.8 Å². The zero-order valence-electron chi connectivity index (χ0n) is 15.0. The van der Waals surface area contributed by atoms with E-state index in [1.54, 1.807) is 18.9 Å². The first-order valence-corrected chi connectivity index (χ1v) is 9.99. The number of aryl methyl sites for hydroxylation is 1. The van der Waals surface area contributed by atoms with Gasteiger partial charge in [0.25, 0.3) is 0 Å². The molecule has 26 heavy (non-hydrogen) atoms. The highest BCUT2D eigenvalue weighted by Crippen LogP contribution is 2.29. The van der Waals surface area contributed by atoms with E-state index in [1.165, 1.54) is 5.56 Å². The highest BCUT2D eigenvalue weighted by atomic mass is 35.5.